The van der Waals surface area contributed by atoms with Crippen molar-refractivity contribution in [3.8, 4) is 22.8 Å². The van der Waals surface area contributed by atoms with Crippen LogP contribution in [0.3, 0.4) is 0 Å². The van der Waals surface area contributed by atoms with E-state index in [0.717, 1.165) is 40.2 Å². The molecule has 0 bridgehead atoms. The standard InChI is InChI=1S/C42H50ClNO3/c1-4-31(2)19-11-6-5-7-12-24-35-27-32(3)39(45-30-35)38-40(46-28-33-20-13-8-14-21-33)37(36-25-17-10-18-26-36)41(43)44-42(38)47-29-34-22-15-9-16-23-34/h8-10,13-18,20-23,25-27,31-32,39H,4-7,11-12,19,24,28-30H2,1-3H3/t31?,32-,39-/m1/s1. The molecule has 4 aromatic rings. The average molecular weight is 652 g/mol. The van der Waals surface area contributed by atoms with Crippen molar-refractivity contribution in [1.82, 2.24) is 4.98 Å². The fourth-order valence-electron chi connectivity index (χ4n) is 6.29. The Morgan fingerprint density at radius 3 is 2.04 bits per heavy atom. The van der Waals surface area contributed by atoms with Gasteiger partial charge in [-0.2, -0.15) is 0 Å². The van der Waals surface area contributed by atoms with Crippen molar-refractivity contribution in [2.45, 2.75) is 91.5 Å². The van der Waals surface area contributed by atoms with Crippen LogP contribution in [-0.4, -0.2) is 11.6 Å². The first-order valence-electron chi connectivity index (χ1n) is 17.5. The van der Waals surface area contributed by atoms with Gasteiger partial charge in [-0.15, -0.1) is 0 Å². The highest BCUT2D eigenvalue weighted by molar-refractivity contribution is 6.32. The Hall–Kier alpha value is -3.60. The Kier molecular flexibility index (Phi) is 13.4. The Morgan fingerprint density at radius 1 is 0.809 bits per heavy atom. The van der Waals surface area contributed by atoms with Gasteiger partial charge in [-0.25, -0.2) is 4.98 Å². The predicted molar refractivity (Wildman–Crippen MR) is 194 cm³/mol. The molecule has 5 rings (SSSR count). The molecule has 3 aromatic carbocycles. The minimum Gasteiger partial charge on any atom is -0.488 e. The zero-order chi connectivity index (χ0) is 32.8. The number of halogens is 1. The van der Waals surface area contributed by atoms with Gasteiger partial charge in [-0.05, 0) is 41.0 Å². The zero-order valence-electron chi connectivity index (χ0n) is 28.3. The van der Waals surface area contributed by atoms with E-state index in [2.05, 4.69) is 39.0 Å². The summed E-state index contributed by atoms with van der Waals surface area (Å²) < 4.78 is 19.9. The maximum Gasteiger partial charge on any atom is 0.224 e. The lowest BCUT2D eigenvalue weighted by Gasteiger charge is -2.32. The van der Waals surface area contributed by atoms with Crippen molar-refractivity contribution >= 4 is 11.6 Å². The van der Waals surface area contributed by atoms with Gasteiger partial charge in [0, 0.05) is 5.92 Å². The van der Waals surface area contributed by atoms with Gasteiger partial charge in [0.15, 0.2) is 0 Å². The van der Waals surface area contributed by atoms with Crippen molar-refractivity contribution in [2.75, 3.05) is 6.61 Å². The summed E-state index contributed by atoms with van der Waals surface area (Å²) in [7, 11) is 0. The van der Waals surface area contributed by atoms with Crippen LogP contribution in [0.2, 0.25) is 5.15 Å². The van der Waals surface area contributed by atoms with Crippen LogP contribution in [-0.2, 0) is 18.0 Å². The summed E-state index contributed by atoms with van der Waals surface area (Å²) in [4.78, 5) is 4.87. The molecule has 0 radical (unpaired) electrons. The third-order valence-corrected chi connectivity index (χ3v) is 9.49. The highest BCUT2D eigenvalue weighted by Gasteiger charge is 2.34. The van der Waals surface area contributed by atoms with Gasteiger partial charge in [-0.1, -0.05) is 168 Å². The molecule has 0 aliphatic carbocycles. The fourth-order valence-corrected chi connectivity index (χ4v) is 6.56. The first kappa shape index (κ1) is 34.7. The van der Waals surface area contributed by atoms with Gasteiger partial charge in [0.1, 0.15) is 24.1 Å². The normalized spacial score (nSPS) is 16.8. The van der Waals surface area contributed by atoms with Gasteiger partial charge in [0.25, 0.3) is 0 Å². The van der Waals surface area contributed by atoms with E-state index in [1.54, 1.807) is 0 Å². The van der Waals surface area contributed by atoms with Crippen LogP contribution in [0.1, 0.15) is 94.9 Å². The predicted octanol–water partition coefficient (Wildman–Crippen LogP) is 12.0. The third kappa shape index (κ3) is 9.95. The van der Waals surface area contributed by atoms with Crippen LogP contribution in [0.15, 0.2) is 103 Å². The summed E-state index contributed by atoms with van der Waals surface area (Å²) in [6, 6.07) is 30.4. The molecule has 1 aliphatic heterocycles. The first-order chi connectivity index (χ1) is 23.0. The molecule has 0 amide bonds. The Balaban J connectivity index is 1.42. The number of benzene rings is 3. The summed E-state index contributed by atoms with van der Waals surface area (Å²) in [5, 5.41) is 0.343. The minimum atomic E-state index is -0.303. The maximum absolute atomic E-state index is 7.00. The van der Waals surface area contributed by atoms with Crippen molar-refractivity contribution in [3.05, 3.63) is 124 Å². The molecule has 0 N–H and O–H groups in total. The van der Waals surface area contributed by atoms with Crippen LogP contribution >= 0.6 is 11.6 Å². The minimum absolute atomic E-state index is 0.0963. The quantitative estimate of drug-likeness (QED) is 0.0647. The number of aromatic nitrogens is 1. The summed E-state index contributed by atoms with van der Waals surface area (Å²) in [6.45, 7) is 8.20. The third-order valence-electron chi connectivity index (χ3n) is 9.22. The largest absolute Gasteiger partial charge is 0.488 e. The number of unbranched alkanes of at least 4 members (excludes halogenated alkanes) is 4. The molecule has 248 valence electrons. The number of hydrogen-bond acceptors (Lipinski definition) is 4. The first-order valence-corrected chi connectivity index (χ1v) is 17.8. The van der Waals surface area contributed by atoms with Crippen molar-refractivity contribution in [3.63, 3.8) is 0 Å². The molecular formula is C42H50ClNO3. The van der Waals surface area contributed by atoms with Crippen LogP contribution < -0.4 is 9.47 Å². The number of nitrogens with zero attached hydrogens (tertiary/aromatic N) is 1. The highest BCUT2D eigenvalue weighted by Crippen LogP contribution is 2.49. The Bertz CT molecular complexity index is 1540. The van der Waals surface area contributed by atoms with Gasteiger partial charge in [-0.3, -0.25) is 0 Å². The van der Waals surface area contributed by atoms with E-state index in [1.165, 1.54) is 50.5 Å². The fraction of sp³-hybridized carbons (Fsp3) is 0.405. The zero-order valence-corrected chi connectivity index (χ0v) is 29.1. The van der Waals surface area contributed by atoms with Crippen LogP contribution in [0.4, 0.5) is 0 Å². The van der Waals surface area contributed by atoms with Gasteiger partial charge in [0.05, 0.1) is 23.8 Å². The van der Waals surface area contributed by atoms with E-state index < -0.39 is 0 Å². The van der Waals surface area contributed by atoms with E-state index >= 15 is 0 Å². The van der Waals surface area contributed by atoms with E-state index in [4.69, 9.17) is 30.8 Å². The number of ether oxygens (including phenoxy) is 3. The second-order valence-corrected chi connectivity index (χ2v) is 13.3. The Labute approximate surface area is 287 Å². The van der Waals surface area contributed by atoms with E-state index in [-0.39, 0.29) is 12.0 Å². The lowest BCUT2D eigenvalue weighted by atomic mass is 9.89. The number of hydrogen-bond donors (Lipinski definition) is 0. The molecule has 0 saturated heterocycles. The molecule has 1 aliphatic rings. The molecule has 2 heterocycles. The smallest absolute Gasteiger partial charge is 0.224 e. The topological polar surface area (TPSA) is 40.6 Å². The second-order valence-electron chi connectivity index (χ2n) is 13.0. The summed E-state index contributed by atoms with van der Waals surface area (Å²) >= 11 is 7.00. The average Bonchev–Trinajstić information content (AvgIpc) is 3.10. The van der Waals surface area contributed by atoms with E-state index in [0.29, 0.717) is 36.6 Å². The summed E-state index contributed by atoms with van der Waals surface area (Å²) in [5.41, 5.74) is 5.99. The van der Waals surface area contributed by atoms with Crippen molar-refractivity contribution < 1.29 is 14.2 Å². The molecule has 5 heteroatoms. The highest BCUT2D eigenvalue weighted by atomic mass is 35.5. The molecule has 47 heavy (non-hydrogen) atoms. The van der Waals surface area contributed by atoms with Crippen LogP contribution in [0.5, 0.6) is 11.6 Å². The monoisotopic (exact) mass is 651 g/mol. The number of rotatable bonds is 17. The number of pyridine rings is 1. The summed E-state index contributed by atoms with van der Waals surface area (Å²) in [5.74, 6) is 2.06. The second kappa shape index (κ2) is 18.1. The van der Waals surface area contributed by atoms with Gasteiger partial charge < -0.3 is 14.2 Å². The molecule has 0 fully saturated rings. The SMILES string of the molecule is CCC(C)CCCCCCCC1=C[C@@H](C)[C@H](c2c(OCc3ccccc3)nc(Cl)c(-c3ccccc3)c2OCc2ccccc2)OC1. The van der Waals surface area contributed by atoms with Crippen molar-refractivity contribution in [2.24, 2.45) is 11.8 Å². The molecule has 4 nitrogen and oxygen atoms in total. The molecule has 0 spiro atoms. The maximum atomic E-state index is 7.00. The van der Waals surface area contributed by atoms with Gasteiger partial charge >= 0.3 is 0 Å². The molecule has 1 aromatic heterocycles. The van der Waals surface area contributed by atoms with Crippen molar-refractivity contribution in [1.29, 1.82) is 0 Å². The molecule has 0 saturated carbocycles. The molecule has 3 atom stereocenters. The van der Waals surface area contributed by atoms with Crippen LogP contribution in [0.25, 0.3) is 11.1 Å². The Morgan fingerprint density at radius 2 is 1.40 bits per heavy atom. The molecule has 1 unspecified atom stereocenters. The van der Waals surface area contributed by atoms with E-state index in [1.807, 2.05) is 78.9 Å². The van der Waals surface area contributed by atoms with Crippen LogP contribution in [0, 0.1) is 11.8 Å². The van der Waals surface area contributed by atoms with Gasteiger partial charge in [0.2, 0.25) is 5.88 Å². The summed E-state index contributed by atoms with van der Waals surface area (Å²) in [6.07, 6.45) is 12.3. The van der Waals surface area contributed by atoms with E-state index in [9.17, 15) is 0 Å². The lowest BCUT2D eigenvalue weighted by Crippen LogP contribution is -2.22. The molecular weight excluding hydrogens is 602 g/mol. The lowest BCUT2D eigenvalue weighted by molar-refractivity contribution is 0.0250.